The summed E-state index contributed by atoms with van der Waals surface area (Å²) in [5.74, 6) is -0.247. The van der Waals surface area contributed by atoms with Crippen molar-refractivity contribution in [3.05, 3.63) is 124 Å². The number of nitrogens with one attached hydrogen (secondary N) is 1. The summed E-state index contributed by atoms with van der Waals surface area (Å²) in [6, 6.07) is 29.8. The topological polar surface area (TPSA) is 96.0 Å². The summed E-state index contributed by atoms with van der Waals surface area (Å²) in [6.07, 6.45) is 5.31. The first-order valence-corrected chi connectivity index (χ1v) is 18.5. The summed E-state index contributed by atoms with van der Waals surface area (Å²) in [5.41, 5.74) is 3.02. The van der Waals surface area contributed by atoms with Crippen molar-refractivity contribution in [1.29, 1.82) is 0 Å². The van der Waals surface area contributed by atoms with Crippen molar-refractivity contribution in [2.24, 2.45) is 0 Å². The highest BCUT2D eigenvalue weighted by Crippen LogP contribution is 2.31. The monoisotopic (exact) mass is 731 g/mol. The van der Waals surface area contributed by atoms with Gasteiger partial charge in [0.2, 0.25) is 11.8 Å². The minimum atomic E-state index is -4.24. The van der Waals surface area contributed by atoms with Crippen LogP contribution in [0.25, 0.3) is 0 Å². The number of carbonyl (C=O) groups excluding carboxylic acids is 2. The van der Waals surface area contributed by atoms with Crippen LogP contribution in [0.2, 0.25) is 0 Å². The largest absolute Gasteiger partial charge is 0.496 e. The third kappa shape index (κ3) is 8.85. The lowest BCUT2D eigenvalue weighted by Gasteiger charge is -2.35. The maximum Gasteiger partial charge on any atom is 0.264 e. The standard InChI is InChI=1S/C38H42BrN3O5S/c1-28-18-20-32(21-19-28)42(48(45,46)33-22-23-36(47-2)34(39)25-33)27-37(43)41(26-30-14-8-4-9-15-30)35(24-29-12-6-3-7-13-29)38(44)40-31-16-10-5-11-17-31/h3-4,6-9,12-15,18-23,25,31,35H,5,10-11,16-17,24,26-27H2,1-2H3,(H,40,44). The van der Waals surface area contributed by atoms with E-state index in [9.17, 15) is 18.0 Å². The highest BCUT2D eigenvalue weighted by Gasteiger charge is 2.35. The van der Waals surface area contributed by atoms with Gasteiger partial charge in [-0.25, -0.2) is 8.42 Å². The molecular weight excluding hydrogens is 690 g/mol. The van der Waals surface area contributed by atoms with Gasteiger partial charge in [0.05, 0.1) is 22.2 Å². The van der Waals surface area contributed by atoms with Crippen LogP contribution in [0.1, 0.15) is 48.8 Å². The Morgan fingerprint density at radius 1 is 0.875 bits per heavy atom. The Kier molecular flexibility index (Phi) is 11.9. The number of sulfonamides is 1. The van der Waals surface area contributed by atoms with E-state index < -0.39 is 28.5 Å². The lowest BCUT2D eigenvalue weighted by molar-refractivity contribution is -0.140. The fourth-order valence-electron chi connectivity index (χ4n) is 6.05. The Hall–Kier alpha value is -4.15. The first-order chi connectivity index (χ1) is 23.2. The number of nitrogens with zero attached hydrogens (tertiary/aromatic N) is 2. The van der Waals surface area contributed by atoms with Crippen LogP contribution in [-0.4, -0.2) is 50.9 Å². The molecule has 8 nitrogen and oxygen atoms in total. The molecule has 252 valence electrons. The smallest absolute Gasteiger partial charge is 0.264 e. The number of hydrogen-bond donors (Lipinski definition) is 1. The molecule has 0 bridgehead atoms. The second-order valence-corrected chi connectivity index (χ2v) is 14.9. The van der Waals surface area contributed by atoms with Gasteiger partial charge in [0.1, 0.15) is 18.3 Å². The second-order valence-electron chi connectivity index (χ2n) is 12.2. The minimum Gasteiger partial charge on any atom is -0.496 e. The van der Waals surface area contributed by atoms with Crippen LogP contribution in [0, 0.1) is 6.92 Å². The molecule has 1 saturated carbocycles. The summed E-state index contributed by atoms with van der Waals surface area (Å²) in [4.78, 5) is 30.4. The number of hydrogen-bond acceptors (Lipinski definition) is 5. The van der Waals surface area contributed by atoms with E-state index in [0.29, 0.717) is 15.9 Å². The number of halogens is 1. The molecule has 0 aromatic heterocycles. The van der Waals surface area contributed by atoms with Crippen molar-refractivity contribution in [3.8, 4) is 5.75 Å². The van der Waals surface area contributed by atoms with Crippen molar-refractivity contribution >= 4 is 43.5 Å². The molecule has 1 unspecified atom stereocenters. The molecule has 10 heteroatoms. The summed E-state index contributed by atoms with van der Waals surface area (Å²) >= 11 is 3.41. The second kappa shape index (κ2) is 16.3. The normalized spacial score (nSPS) is 14.1. The number of anilines is 1. The molecule has 0 aliphatic heterocycles. The molecule has 48 heavy (non-hydrogen) atoms. The molecule has 0 spiro atoms. The van der Waals surface area contributed by atoms with E-state index in [-0.39, 0.29) is 29.8 Å². The number of methoxy groups -OCH3 is 1. The van der Waals surface area contributed by atoms with Crippen LogP contribution >= 0.6 is 15.9 Å². The van der Waals surface area contributed by atoms with Crippen molar-refractivity contribution < 1.29 is 22.7 Å². The zero-order valence-corrected chi connectivity index (χ0v) is 29.8. The number of benzene rings is 4. The van der Waals surface area contributed by atoms with Crippen molar-refractivity contribution in [2.45, 2.75) is 69.0 Å². The van der Waals surface area contributed by atoms with E-state index in [4.69, 9.17) is 4.74 Å². The van der Waals surface area contributed by atoms with Gasteiger partial charge in [0.25, 0.3) is 10.0 Å². The minimum absolute atomic E-state index is 0.00552. The van der Waals surface area contributed by atoms with Gasteiger partial charge in [-0.3, -0.25) is 13.9 Å². The van der Waals surface area contributed by atoms with E-state index in [2.05, 4.69) is 21.2 Å². The molecule has 1 fully saturated rings. The Morgan fingerprint density at radius 3 is 2.10 bits per heavy atom. The SMILES string of the molecule is COc1ccc(S(=O)(=O)N(CC(=O)N(Cc2ccccc2)C(Cc2ccccc2)C(=O)NC2CCCCC2)c2ccc(C)cc2)cc1Br. The van der Waals surface area contributed by atoms with Crippen molar-refractivity contribution in [2.75, 3.05) is 18.0 Å². The lowest BCUT2D eigenvalue weighted by atomic mass is 9.94. The average molecular weight is 733 g/mol. The molecule has 1 N–H and O–H groups in total. The van der Waals surface area contributed by atoms with E-state index in [1.807, 2.05) is 79.7 Å². The predicted molar refractivity (Wildman–Crippen MR) is 192 cm³/mol. The van der Waals surface area contributed by atoms with Crippen LogP contribution in [0.15, 0.2) is 112 Å². The zero-order valence-electron chi connectivity index (χ0n) is 27.3. The summed E-state index contributed by atoms with van der Waals surface area (Å²) < 4.78 is 35.6. The van der Waals surface area contributed by atoms with E-state index in [1.165, 1.54) is 19.2 Å². The van der Waals surface area contributed by atoms with Gasteiger partial charge in [0, 0.05) is 19.0 Å². The fourth-order valence-corrected chi connectivity index (χ4v) is 8.19. The average Bonchev–Trinajstić information content (AvgIpc) is 3.10. The molecule has 0 heterocycles. The number of ether oxygens (including phenoxy) is 1. The van der Waals surface area contributed by atoms with Crippen molar-refractivity contribution in [1.82, 2.24) is 10.2 Å². The van der Waals surface area contributed by atoms with Crippen molar-refractivity contribution in [3.63, 3.8) is 0 Å². The Labute approximate surface area is 292 Å². The lowest BCUT2D eigenvalue weighted by Crippen LogP contribution is -2.55. The number of rotatable bonds is 13. The molecule has 1 aliphatic carbocycles. The number of carbonyl (C=O) groups is 2. The van der Waals surface area contributed by atoms with Crippen LogP contribution in [0.4, 0.5) is 5.69 Å². The Bertz CT molecular complexity index is 1780. The maximum absolute atomic E-state index is 14.7. The van der Waals surface area contributed by atoms with Crippen LogP contribution < -0.4 is 14.4 Å². The molecule has 5 rings (SSSR count). The van der Waals surface area contributed by atoms with Crippen LogP contribution in [0.3, 0.4) is 0 Å². The number of amides is 2. The quantitative estimate of drug-likeness (QED) is 0.159. The van der Waals surface area contributed by atoms with Gasteiger partial charge in [-0.05, 0) is 77.2 Å². The predicted octanol–water partition coefficient (Wildman–Crippen LogP) is 7.05. The molecule has 4 aromatic carbocycles. The third-order valence-corrected chi connectivity index (χ3v) is 11.1. The van der Waals surface area contributed by atoms with Gasteiger partial charge >= 0.3 is 0 Å². The summed E-state index contributed by atoms with van der Waals surface area (Å²) in [6.45, 7) is 1.53. The van der Waals surface area contributed by atoms with E-state index in [0.717, 1.165) is 53.1 Å². The molecule has 0 radical (unpaired) electrons. The maximum atomic E-state index is 14.7. The Morgan fingerprint density at radius 2 is 1.50 bits per heavy atom. The fraction of sp³-hybridized carbons (Fsp3) is 0.316. The highest BCUT2D eigenvalue weighted by atomic mass is 79.9. The van der Waals surface area contributed by atoms with Crippen LogP contribution in [-0.2, 0) is 32.6 Å². The van der Waals surface area contributed by atoms with Gasteiger partial charge in [-0.2, -0.15) is 0 Å². The van der Waals surface area contributed by atoms with E-state index in [1.54, 1.807) is 23.1 Å². The third-order valence-electron chi connectivity index (χ3n) is 8.73. The highest BCUT2D eigenvalue weighted by molar-refractivity contribution is 9.10. The zero-order chi connectivity index (χ0) is 34.1. The first-order valence-electron chi connectivity index (χ1n) is 16.3. The molecular formula is C38H42BrN3O5S. The van der Waals surface area contributed by atoms with Gasteiger partial charge in [-0.1, -0.05) is 97.6 Å². The summed E-state index contributed by atoms with van der Waals surface area (Å²) in [7, 11) is -2.74. The van der Waals surface area contributed by atoms with Gasteiger partial charge in [0.15, 0.2) is 0 Å². The number of aryl methyl sites for hydroxylation is 1. The van der Waals surface area contributed by atoms with E-state index >= 15 is 0 Å². The molecule has 0 saturated heterocycles. The van der Waals surface area contributed by atoms with Crippen LogP contribution in [0.5, 0.6) is 5.75 Å². The Balaban J connectivity index is 1.56. The van der Waals surface area contributed by atoms with Gasteiger partial charge < -0.3 is 15.0 Å². The first kappa shape index (κ1) is 35.2. The molecule has 1 aliphatic rings. The molecule has 2 amide bonds. The molecule has 4 aromatic rings. The molecule has 1 atom stereocenters. The summed E-state index contributed by atoms with van der Waals surface area (Å²) in [5, 5.41) is 3.24. The van der Waals surface area contributed by atoms with Gasteiger partial charge in [-0.15, -0.1) is 0 Å².